The lowest BCUT2D eigenvalue weighted by atomic mass is 10.1. The van der Waals surface area contributed by atoms with Gasteiger partial charge in [0, 0.05) is 36.8 Å². The molecule has 1 aliphatic rings. The highest BCUT2D eigenvalue weighted by atomic mass is 16.5. The van der Waals surface area contributed by atoms with E-state index in [9.17, 15) is 4.79 Å². The number of aromatic amines is 1. The second-order valence-corrected chi connectivity index (χ2v) is 7.57. The van der Waals surface area contributed by atoms with Crippen LogP contribution in [0.15, 0.2) is 42.5 Å². The van der Waals surface area contributed by atoms with E-state index in [1.54, 1.807) is 7.11 Å². The van der Waals surface area contributed by atoms with E-state index in [0.717, 1.165) is 46.7 Å². The number of fused-ring (bicyclic) bond motifs is 1. The molecule has 0 bridgehead atoms. The van der Waals surface area contributed by atoms with E-state index in [0.29, 0.717) is 6.54 Å². The first-order valence-electron chi connectivity index (χ1n) is 9.78. The molecule has 1 saturated heterocycles. The molecule has 0 aliphatic carbocycles. The number of carbonyl (C=O) groups is 1. The van der Waals surface area contributed by atoms with Gasteiger partial charge in [0.25, 0.3) is 5.91 Å². The predicted molar refractivity (Wildman–Crippen MR) is 113 cm³/mol. The Balaban J connectivity index is 1.59. The van der Waals surface area contributed by atoms with Crippen LogP contribution >= 0.6 is 0 Å². The van der Waals surface area contributed by atoms with Gasteiger partial charge in [-0.25, -0.2) is 0 Å². The summed E-state index contributed by atoms with van der Waals surface area (Å²) in [6.45, 7) is 8.52. The zero-order chi connectivity index (χ0) is 19.8. The molecule has 1 aliphatic heterocycles. The highest BCUT2D eigenvalue weighted by molar-refractivity contribution is 6.06. The van der Waals surface area contributed by atoms with Crippen LogP contribution in [0.3, 0.4) is 0 Å². The minimum Gasteiger partial charge on any atom is -0.495 e. The minimum absolute atomic E-state index is 0.0963. The molecule has 0 saturated carbocycles. The number of nitrogens with one attached hydrogen (secondary N) is 1. The average molecular weight is 377 g/mol. The number of methoxy groups -OCH3 is 1. The maximum atomic E-state index is 13.4. The molecule has 2 heterocycles. The van der Waals surface area contributed by atoms with Gasteiger partial charge in [0.05, 0.1) is 23.9 Å². The Morgan fingerprint density at radius 3 is 2.64 bits per heavy atom. The maximum Gasteiger partial charge on any atom is 0.256 e. The first kappa shape index (κ1) is 18.4. The highest BCUT2D eigenvalue weighted by Crippen LogP contribution is 2.31. The van der Waals surface area contributed by atoms with Crippen LogP contribution in [-0.2, 0) is 0 Å². The van der Waals surface area contributed by atoms with E-state index in [-0.39, 0.29) is 11.9 Å². The number of amides is 1. The van der Waals surface area contributed by atoms with Crippen molar-refractivity contribution < 1.29 is 9.53 Å². The quantitative estimate of drug-likeness (QED) is 0.746. The average Bonchev–Trinajstić information content (AvgIpc) is 3.01. The van der Waals surface area contributed by atoms with Gasteiger partial charge in [0.15, 0.2) is 0 Å². The van der Waals surface area contributed by atoms with Crippen molar-refractivity contribution in [2.75, 3.05) is 31.6 Å². The Morgan fingerprint density at radius 2 is 1.89 bits per heavy atom. The summed E-state index contributed by atoms with van der Waals surface area (Å²) in [5, 5.41) is 1.13. The number of hydrogen-bond acceptors (Lipinski definition) is 3. The van der Waals surface area contributed by atoms with Gasteiger partial charge in [-0.1, -0.05) is 24.3 Å². The summed E-state index contributed by atoms with van der Waals surface area (Å²) in [5.74, 6) is 0.968. The first-order valence-corrected chi connectivity index (χ1v) is 9.78. The largest absolute Gasteiger partial charge is 0.495 e. The lowest BCUT2D eigenvalue weighted by Crippen LogP contribution is -2.54. The van der Waals surface area contributed by atoms with Crippen molar-refractivity contribution in [3.05, 3.63) is 59.3 Å². The minimum atomic E-state index is 0.0963. The molecule has 0 radical (unpaired) electrons. The molecule has 1 N–H and O–H groups in total. The third kappa shape index (κ3) is 3.01. The fourth-order valence-corrected chi connectivity index (χ4v) is 4.18. The Labute approximate surface area is 165 Å². The van der Waals surface area contributed by atoms with Gasteiger partial charge >= 0.3 is 0 Å². The molecule has 1 atom stereocenters. The Kier molecular flexibility index (Phi) is 4.75. The van der Waals surface area contributed by atoms with Gasteiger partial charge in [0.1, 0.15) is 5.75 Å². The van der Waals surface area contributed by atoms with Crippen LogP contribution in [0.1, 0.15) is 28.5 Å². The van der Waals surface area contributed by atoms with E-state index < -0.39 is 0 Å². The SMILES string of the molecule is COc1ccccc1N1CCN(C(=O)c2cccc3c(C)c(C)[nH]c23)[C@H](C)C1. The Hall–Kier alpha value is -2.95. The van der Waals surface area contributed by atoms with Gasteiger partial charge in [-0.2, -0.15) is 0 Å². The number of anilines is 1. The molecule has 0 spiro atoms. The Morgan fingerprint density at radius 1 is 1.11 bits per heavy atom. The summed E-state index contributed by atoms with van der Waals surface area (Å²) in [5.41, 5.74) is 5.11. The maximum absolute atomic E-state index is 13.4. The lowest BCUT2D eigenvalue weighted by Gasteiger charge is -2.41. The van der Waals surface area contributed by atoms with Gasteiger partial charge < -0.3 is 19.5 Å². The molecule has 5 heteroatoms. The summed E-state index contributed by atoms with van der Waals surface area (Å²) in [7, 11) is 1.70. The third-order valence-corrected chi connectivity index (χ3v) is 5.89. The van der Waals surface area contributed by atoms with Gasteiger partial charge in [-0.05, 0) is 44.5 Å². The molecule has 28 heavy (non-hydrogen) atoms. The normalized spacial score (nSPS) is 17.2. The van der Waals surface area contributed by atoms with Crippen molar-refractivity contribution in [2.24, 2.45) is 0 Å². The zero-order valence-corrected chi connectivity index (χ0v) is 17.0. The number of ether oxygens (including phenoxy) is 1. The molecule has 146 valence electrons. The van der Waals surface area contributed by atoms with Crippen molar-refractivity contribution in [2.45, 2.75) is 26.8 Å². The summed E-state index contributed by atoms with van der Waals surface area (Å²) in [4.78, 5) is 21.1. The zero-order valence-electron chi connectivity index (χ0n) is 17.0. The summed E-state index contributed by atoms with van der Waals surface area (Å²) < 4.78 is 5.51. The van der Waals surface area contributed by atoms with Crippen LogP contribution in [0.5, 0.6) is 5.75 Å². The first-order chi connectivity index (χ1) is 13.5. The predicted octanol–water partition coefficient (Wildman–Crippen LogP) is 4.14. The van der Waals surface area contributed by atoms with E-state index in [1.807, 2.05) is 35.2 Å². The number of benzene rings is 2. The fourth-order valence-electron chi connectivity index (χ4n) is 4.18. The van der Waals surface area contributed by atoms with Crippen molar-refractivity contribution in [3.63, 3.8) is 0 Å². The number of piperazine rings is 1. The second kappa shape index (κ2) is 7.23. The van der Waals surface area contributed by atoms with E-state index >= 15 is 0 Å². The van der Waals surface area contributed by atoms with Crippen LogP contribution in [0, 0.1) is 13.8 Å². The molecule has 0 unspecified atom stereocenters. The summed E-state index contributed by atoms with van der Waals surface area (Å²) >= 11 is 0. The standard InChI is InChI=1S/C23H27N3O2/c1-15-14-25(20-10-5-6-11-21(20)28-4)12-13-26(15)23(27)19-9-7-8-18-16(2)17(3)24-22(18)19/h5-11,15,24H,12-14H2,1-4H3/t15-/m1/s1. The van der Waals surface area contributed by atoms with Crippen LogP contribution < -0.4 is 9.64 Å². The molecule has 5 nitrogen and oxygen atoms in total. The molecular weight excluding hydrogens is 350 g/mol. The molecule has 1 fully saturated rings. The van der Waals surface area contributed by atoms with Crippen LogP contribution in [0.4, 0.5) is 5.69 Å². The highest BCUT2D eigenvalue weighted by Gasteiger charge is 2.30. The van der Waals surface area contributed by atoms with Crippen molar-refractivity contribution in [1.82, 2.24) is 9.88 Å². The van der Waals surface area contributed by atoms with Crippen molar-refractivity contribution in [1.29, 1.82) is 0 Å². The fraction of sp³-hybridized carbons (Fsp3) is 0.348. The number of aromatic nitrogens is 1. The molecular formula is C23H27N3O2. The third-order valence-electron chi connectivity index (χ3n) is 5.89. The number of hydrogen-bond donors (Lipinski definition) is 1. The number of aryl methyl sites for hydroxylation is 2. The van der Waals surface area contributed by atoms with Crippen LogP contribution in [-0.4, -0.2) is 48.6 Å². The van der Waals surface area contributed by atoms with E-state index in [2.05, 4.69) is 42.8 Å². The van der Waals surface area contributed by atoms with Gasteiger partial charge in [-0.3, -0.25) is 4.79 Å². The van der Waals surface area contributed by atoms with Crippen LogP contribution in [0.2, 0.25) is 0 Å². The Bertz CT molecular complexity index is 1020. The molecule has 2 aromatic carbocycles. The summed E-state index contributed by atoms with van der Waals surface area (Å²) in [6, 6.07) is 14.2. The summed E-state index contributed by atoms with van der Waals surface area (Å²) in [6.07, 6.45) is 0. The number of para-hydroxylation sites is 3. The van der Waals surface area contributed by atoms with Crippen LogP contribution in [0.25, 0.3) is 10.9 Å². The molecule has 4 rings (SSSR count). The van der Waals surface area contributed by atoms with E-state index in [1.165, 1.54) is 5.56 Å². The number of nitrogens with zero attached hydrogens (tertiary/aromatic N) is 2. The topological polar surface area (TPSA) is 48.6 Å². The molecule has 3 aromatic rings. The smallest absolute Gasteiger partial charge is 0.256 e. The van der Waals surface area contributed by atoms with Crippen molar-refractivity contribution >= 4 is 22.5 Å². The van der Waals surface area contributed by atoms with Crippen molar-refractivity contribution in [3.8, 4) is 5.75 Å². The lowest BCUT2D eigenvalue weighted by molar-refractivity contribution is 0.0676. The number of rotatable bonds is 3. The molecule has 1 amide bonds. The monoisotopic (exact) mass is 377 g/mol. The van der Waals surface area contributed by atoms with Gasteiger partial charge in [0.2, 0.25) is 0 Å². The van der Waals surface area contributed by atoms with Gasteiger partial charge in [-0.15, -0.1) is 0 Å². The van der Waals surface area contributed by atoms with E-state index in [4.69, 9.17) is 4.74 Å². The number of H-pyrrole nitrogens is 1. The second-order valence-electron chi connectivity index (χ2n) is 7.57. The molecule has 1 aromatic heterocycles. The number of carbonyl (C=O) groups excluding carboxylic acids is 1.